The molecule has 1 aromatic heterocycles. The van der Waals surface area contributed by atoms with Gasteiger partial charge in [0.15, 0.2) is 0 Å². The summed E-state index contributed by atoms with van der Waals surface area (Å²) < 4.78 is 0. The summed E-state index contributed by atoms with van der Waals surface area (Å²) in [7, 11) is 0. The lowest BCUT2D eigenvalue weighted by atomic mass is 10.2. The molecule has 1 aromatic carbocycles. The lowest BCUT2D eigenvalue weighted by Crippen LogP contribution is -2.28. The van der Waals surface area contributed by atoms with Crippen molar-refractivity contribution in [1.82, 2.24) is 10.3 Å². The van der Waals surface area contributed by atoms with Gasteiger partial charge in [0.05, 0.1) is 17.2 Å². The zero-order valence-corrected chi connectivity index (χ0v) is 16.0. The van der Waals surface area contributed by atoms with E-state index >= 15 is 0 Å². The van der Waals surface area contributed by atoms with E-state index in [1.165, 1.54) is 0 Å². The van der Waals surface area contributed by atoms with Crippen LogP contribution in [0.4, 0.5) is 16.2 Å². The van der Waals surface area contributed by atoms with Crippen molar-refractivity contribution in [2.24, 2.45) is 0 Å². The molecule has 1 aliphatic rings. The van der Waals surface area contributed by atoms with Crippen LogP contribution < -0.4 is 15.5 Å². The van der Waals surface area contributed by atoms with Crippen LogP contribution in [0.5, 0.6) is 0 Å². The number of anilines is 2. The number of aromatic nitrogens is 1. The highest BCUT2D eigenvalue weighted by atomic mass is 32.1. The number of nitrogens with zero attached hydrogens (tertiary/aromatic N) is 2. The topological polar surface area (TPSA) is 74.3 Å². The molecule has 0 aliphatic carbocycles. The summed E-state index contributed by atoms with van der Waals surface area (Å²) in [5, 5.41) is 6.84. The number of nitrogens with one attached hydrogen (secondary N) is 2. The largest absolute Gasteiger partial charge is 0.333 e. The Morgan fingerprint density at radius 3 is 2.96 bits per heavy atom. The van der Waals surface area contributed by atoms with Crippen molar-refractivity contribution in [1.29, 1.82) is 0 Å². The standard InChI is InChI=1S/C19H24N4O2S/c1-3-6-17-21-13(2)16(26-17)12-20-19(25)22-14-7-4-8-15(11-14)23-10-5-9-18(23)24/h4,7-8,11H,3,5-6,9-10,12H2,1-2H3,(H2,20,22,25). The molecule has 3 rings (SSSR count). The Kier molecular flexibility index (Phi) is 5.88. The minimum absolute atomic E-state index is 0.134. The third-order valence-corrected chi connectivity index (χ3v) is 5.52. The number of carbonyl (C=O) groups excluding carboxylic acids is 2. The molecule has 2 heterocycles. The van der Waals surface area contributed by atoms with Crippen LogP contribution >= 0.6 is 11.3 Å². The number of urea groups is 1. The minimum Gasteiger partial charge on any atom is -0.333 e. The van der Waals surface area contributed by atoms with E-state index in [-0.39, 0.29) is 11.9 Å². The molecular weight excluding hydrogens is 348 g/mol. The number of amides is 3. The molecule has 6 nitrogen and oxygen atoms in total. The van der Waals surface area contributed by atoms with Crippen LogP contribution in [-0.2, 0) is 17.8 Å². The molecule has 1 saturated heterocycles. The fourth-order valence-electron chi connectivity index (χ4n) is 2.98. The first-order chi connectivity index (χ1) is 12.6. The van der Waals surface area contributed by atoms with Gasteiger partial charge >= 0.3 is 6.03 Å². The fraction of sp³-hybridized carbons (Fsp3) is 0.421. The molecule has 1 fully saturated rings. The molecule has 0 bridgehead atoms. The van der Waals surface area contributed by atoms with E-state index in [9.17, 15) is 9.59 Å². The van der Waals surface area contributed by atoms with Gasteiger partial charge in [0.2, 0.25) is 5.91 Å². The average Bonchev–Trinajstić information content (AvgIpc) is 3.19. The van der Waals surface area contributed by atoms with Crippen molar-refractivity contribution in [3.05, 3.63) is 39.8 Å². The summed E-state index contributed by atoms with van der Waals surface area (Å²) in [6, 6.07) is 7.13. The van der Waals surface area contributed by atoms with E-state index in [1.807, 2.05) is 31.2 Å². The minimum atomic E-state index is -0.264. The fourth-order valence-corrected chi connectivity index (χ4v) is 4.09. The van der Waals surface area contributed by atoms with Gasteiger partial charge in [-0.15, -0.1) is 11.3 Å². The molecule has 2 N–H and O–H groups in total. The summed E-state index contributed by atoms with van der Waals surface area (Å²) in [6.07, 6.45) is 3.51. The number of thiazole rings is 1. The van der Waals surface area contributed by atoms with E-state index in [0.29, 0.717) is 18.7 Å². The predicted molar refractivity (Wildman–Crippen MR) is 105 cm³/mol. The average molecular weight is 372 g/mol. The van der Waals surface area contributed by atoms with E-state index in [1.54, 1.807) is 16.2 Å². The Morgan fingerprint density at radius 1 is 1.38 bits per heavy atom. The molecule has 0 atom stereocenters. The Balaban J connectivity index is 1.57. The van der Waals surface area contributed by atoms with E-state index in [2.05, 4.69) is 22.5 Å². The number of aryl methyl sites for hydroxylation is 2. The molecule has 0 radical (unpaired) electrons. The van der Waals surface area contributed by atoms with Gasteiger partial charge in [-0.1, -0.05) is 13.0 Å². The number of hydrogen-bond donors (Lipinski definition) is 2. The van der Waals surface area contributed by atoms with Crippen molar-refractivity contribution < 1.29 is 9.59 Å². The SMILES string of the molecule is CCCc1nc(C)c(CNC(=O)Nc2cccc(N3CCCC3=O)c2)s1. The van der Waals surface area contributed by atoms with Crippen molar-refractivity contribution >= 4 is 34.6 Å². The Labute approximate surface area is 157 Å². The van der Waals surface area contributed by atoms with Crippen LogP contribution in [-0.4, -0.2) is 23.5 Å². The van der Waals surface area contributed by atoms with Gasteiger partial charge in [-0.2, -0.15) is 0 Å². The summed E-state index contributed by atoms with van der Waals surface area (Å²) in [4.78, 5) is 31.5. The second kappa shape index (κ2) is 8.31. The maximum absolute atomic E-state index is 12.2. The highest BCUT2D eigenvalue weighted by molar-refractivity contribution is 7.11. The van der Waals surface area contributed by atoms with Crippen molar-refractivity contribution in [2.75, 3.05) is 16.8 Å². The highest BCUT2D eigenvalue weighted by Crippen LogP contribution is 2.24. The highest BCUT2D eigenvalue weighted by Gasteiger charge is 2.21. The molecule has 26 heavy (non-hydrogen) atoms. The van der Waals surface area contributed by atoms with Crippen LogP contribution in [0.1, 0.15) is 41.8 Å². The Morgan fingerprint density at radius 2 is 2.23 bits per heavy atom. The first-order valence-corrected chi connectivity index (χ1v) is 9.79. The lowest BCUT2D eigenvalue weighted by molar-refractivity contribution is -0.117. The van der Waals surface area contributed by atoms with Crippen LogP contribution in [0.25, 0.3) is 0 Å². The molecule has 0 unspecified atom stereocenters. The molecule has 3 amide bonds. The smallest absolute Gasteiger partial charge is 0.319 e. The second-order valence-corrected chi connectivity index (χ2v) is 7.54. The zero-order chi connectivity index (χ0) is 18.5. The van der Waals surface area contributed by atoms with Gasteiger partial charge in [0.25, 0.3) is 0 Å². The molecule has 138 valence electrons. The van der Waals surface area contributed by atoms with Gasteiger partial charge in [0, 0.05) is 29.2 Å². The lowest BCUT2D eigenvalue weighted by Gasteiger charge is -2.16. The maximum atomic E-state index is 12.2. The summed E-state index contributed by atoms with van der Waals surface area (Å²) >= 11 is 1.65. The number of hydrogen-bond acceptors (Lipinski definition) is 4. The van der Waals surface area contributed by atoms with E-state index in [0.717, 1.165) is 47.1 Å². The van der Waals surface area contributed by atoms with Crippen molar-refractivity contribution in [2.45, 2.75) is 46.1 Å². The van der Waals surface area contributed by atoms with E-state index in [4.69, 9.17) is 0 Å². The Bertz CT molecular complexity index is 803. The van der Waals surface area contributed by atoms with Crippen molar-refractivity contribution in [3.8, 4) is 0 Å². The third kappa shape index (κ3) is 4.40. The number of rotatable bonds is 6. The van der Waals surface area contributed by atoms with Gasteiger partial charge in [-0.3, -0.25) is 4.79 Å². The van der Waals surface area contributed by atoms with Gasteiger partial charge in [0.1, 0.15) is 0 Å². The maximum Gasteiger partial charge on any atom is 0.319 e. The van der Waals surface area contributed by atoms with Gasteiger partial charge < -0.3 is 15.5 Å². The van der Waals surface area contributed by atoms with Crippen LogP contribution in [0.15, 0.2) is 24.3 Å². The normalized spacial score (nSPS) is 13.9. The van der Waals surface area contributed by atoms with Gasteiger partial charge in [-0.25, -0.2) is 9.78 Å². The number of benzene rings is 1. The molecule has 7 heteroatoms. The quantitative estimate of drug-likeness (QED) is 0.809. The molecule has 0 spiro atoms. The van der Waals surface area contributed by atoms with Crippen LogP contribution in [0, 0.1) is 6.92 Å². The molecule has 1 aliphatic heterocycles. The Hall–Kier alpha value is -2.41. The molecular formula is C19H24N4O2S. The van der Waals surface area contributed by atoms with Crippen LogP contribution in [0.3, 0.4) is 0 Å². The summed E-state index contributed by atoms with van der Waals surface area (Å²) in [5.41, 5.74) is 2.48. The first kappa shape index (κ1) is 18.4. The molecule has 0 saturated carbocycles. The van der Waals surface area contributed by atoms with Gasteiger partial charge in [-0.05, 0) is 44.4 Å². The summed E-state index contributed by atoms with van der Waals surface area (Å²) in [5.74, 6) is 0.134. The predicted octanol–water partition coefficient (Wildman–Crippen LogP) is 3.85. The number of carbonyl (C=O) groups is 2. The zero-order valence-electron chi connectivity index (χ0n) is 15.2. The van der Waals surface area contributed by atoms with E-state index < -0.39 is 0 Å². The van der Waals surface area contributed by atoms with Crippen molar-refractivity contribution in [3.63, 3.8) is 0 Å². The second-order valence-electron chi connectivity index (χ2n) is 6.37. The molecule has 2 aromatic rings. The van der Waals surface area contributed by atoms with Crippen LogP contribution in [0.2, 0.25) is 0 Å². The third-order valence-electron chi connectivity index (χ3n) is 4.30. The first-order valence-electron chi connectivity index (χ1n) is 8.97. The monoisotopic (exact) mass is 372 g/mol. The summed E-state index contributed by atoms with van der Waals surface area (Å²) in [6.45, 7) is 5.30.